The van der Waals surface area contributed by atoms with E-state index in [2.05, 4.69) is 20.1 Å². The van der Waals surface area contributed by atoms with Crippen molar-refractivity contribution in [3.05, 3.63) is 23.9 Å². The maximum absolute atomic E-state index is 11.9. The number of piperazine rings is 1. The van der Waals surface area contributed by atoms with Gasteiger partial charge in [-0.15, -0.1) is 0 Å². The Balaban J connectivity index is 1.85. The summed E-state index contributed by atoms with van der Waals surface area (Å²) in [6, 6.07) is 3.68. The van der Waals surface area contributed by atoms with Crippen LogP contribution >= 0.6 is 0 Å². The summed E-state index contributed by atoms with van der Waals surface area (Å²) >= 11 is 0. The first-order chi connectivity index (χ1) is 10.7. The number of anilines is 1. The Kier molecular flexibility index (Phi) is 6.57. The number of ether oxygens (including phenoxy) is 1. The van der Waals surface area contributed by atoms with Crippen LogP contribution in [0.3, 0.4) is 0 Å². The molecule has 2 rings (SSSR count). The lowest BCUT2D eigenvalue weighted by atomic mass is 10.2. The minimum atomic E-state index is -0.135. The topological polar surface area (TPSA) is 77.9 Å². The molecule has 1 fully saturated rings. The average Bonchev–Trinajstić information content (AvgIpc) is 2.56. The highest BCUT2D eigenvalue weighted by Gasteiger charge is 2.17. The largest absolute Gasteiger partial charge is 0.395 e. The van der Waals surface area contributed by atoms with E-state index in [0.717, 1.165) is 38.5 Å². The van der Waals surface area contributed by atoms with Gasteiger partial charge in [-0.1, -0.05) is 0 Å². The van der Waals surface area contributed by atoms with Gasteiger partial charge in [0.15, 0.2) is 0 Å². The van der Waals surface area contributed by atoms with Gasteiger partial charge in [0.2, 0.25) is 0 Å². The second-order valence-corrected chi connectivity index (χ2v) is 5.21. The summed E-state index contributed by atoms with van der Waals surface area (Å²) in [5.41, 5.74) is 0.554. The zero-order valence-electron chi connectivity index (χ0n) is 13.0. The van der Waals surface area contributed by atoms with Crippen LogP contribution in [0.2, 0.25) is 0 Å². The van der Waals surface area contributed by atoms with Gasteiger partial charge < -0.3 is 20.1 Å². The molecule has 2 N–H and O–H groups in total. The van der Waals surface area contributed by atoms with E-state index >= 15 is 0 Å². The molecular weight excluding hydrogens is 284 g/mol. The second kappa shape index (κ2) is 8.67. The molecule has 22 heavy (non-hydrogen) atoms. The average molecular weight is 308 g/mol. The predicted octanol–water partition coefficient (Wildman–Crippen LogP) is -0.428. The Morgan fingerprint density at radius 3 is 2.73 bits per heavy atom. The predicted molar refractivity (Wildman–Crippen MR) is 84.2 cm³/mol. The number of amides is 1. The molecule has 7 heteroatoms. The van der Waals surface area contributed by atoms with Crippen LogP contribution in [0, 0.1) is 0 Å². The van der Waals surface area contributed by atoms with Gasteiger partial charge in [0, 0.05) is 52.6 Å². The molecule has 0 atom stereocenters. The lowest BCUT2D eigenvalue weighted by Gasteiger charge is -2.35. The van der Waals surface area contributed by atoms with Crippen LogP contribution in [0.25, 0.3) is 0 Å². The highest BCUT2D eigenvalue weighted by molar-refractivity contribution is 5.94. The maximum Gasteiger partial charge on any atom is 0.252 e. The van der Waals surface area contributed by atoms with Crippen molar-refractivity contribution >= 4 is 11.7 Å². The van der Waals surface area contributed by atoms with Crippen LogP contribution in [-0.4, -0.2) is 80.5 Å². The Labute approximate surface area is 130 Å². The first kappa shape index (κ1) is 16.7. The van der Waals surface area contributed by atoms with Crippen molar-refractivity contribution in [2.45, 2.75) is 0 Å². The third-order valence-corrected chi connectivity index (χ3v) is 3.71. The van der Waals surface area contributed by atoms with Crippen molar-refractivity contribution in [3.63, 3.8) is 0 Å². The molecule has 0 bridgehead atoms. The molecule has 0 spiro atoms. The first-order valence-corrected chi connectivity index (χ1v) is 7.56. The Bertz CT molecular complexity index is 458. The van der Waals surface area contributed by atoms with E-state index in [1.54, 1.807) is 19.4 Å². The molecule has 1 aromatic rings. The van der Waals surface area contributed by atoms with Gasteiger partial charge in [-0.2, -0.15) is 0 Å². The van der Waals surface area contributed by atoms with E-state index in [-0.39, 0.29) is 12.5 Å². The van der Waals surface area contributed by atoms with Gasteiger partial charge in [0.1, 0.15) is 5.82 Å². The summed E-state index contributed by atoms with van der Waals surface area (Å²) < 4.78 is 4.90. The number of aliphatic hydroxyl groups excluding tert-OH is 1. The number of hydrogen-bond donors (Lipinski definition) is 2. The minimum Gasteiger partial charge on any atom is -0.395 e. The summed E-state index contributed by atoms with van der Waals surface area (Å²) in [7, 11) is 1.60. The summed E-state index contributed by atoms with van der Waals surface area (Å²) in [5, 5.41) is 11.7. The quantitative estimate of drug-likeness (QED) is 0.666. The Morgan fingerprint density at radius 2 is 2.14 bits per heavy atom. The summed E-state index contributed by atoms with van der Waals surface area (Å²) in [6.45, 7) is 5.51. The molecule has 2 heterocycles. The van der Waals surface area contributed by atoms with Crippen LogP contribution in [-0.2, 0) is 4.74 Å². The second-order valence-electron chi connectivity index (χ2n) is 5.21. The molecule has 1 saturated heterocycles. The molecule has 1 aromatic heterocycles. The number of carbonyl (C=O) groups is 1. The molecule has 122 valence electrons. The lowest BCUT2D eigenvalue weighted by molar-refractivity contribution is 0.0937. The number of aliphatic hydroxyl groups is 1. The maximum atomic E-state index is 11.9. The van der Waals surface area contributed by atoms with Gasteiger partial charge in [0.25, 0.3) is 5.91 Å². The fourth-order valence-corrected chi connectivity index (χ4v) is 2.42. The molecule has 0 saturated carbocycles. The monoisotopic (exact) mass is 308 g/mol. The minimum absolute atomic E-state index is 0.135. The van der Waals surface area contributed by atoms with Crippen LogP contribution in [0.5, 0.6) is 0 Å². The molecule has 1 aliphatic heterocycles. The molecule has 1 amide bonds. The fraction of sp³-hybridized carbons (Fsp3) is 0.600. The van der Waals surface area contributed by atoms with Crippen LogP contribution in [0.15, 0.2) is 18.3 Å². The van der Waals surface area contributed by atoms with Crippen molar-refractivity contribution in [1.82, 2.24) is 15.2 Å². The number of pyridine rings is 1. The molecule has 0 unspecified atom stereocenters. The van der Waals surface area contributed by atoms with Gasteiger partial charge >= 0.3 is 0 Å². The van der Waals surface area contributed by atoms with Crippen molar-refractivity contribution in [2.75, 3.05) is 64.5 Å². The highest BCUT2D eigenvalue weighted by atomic mass is 16.5. The normalized spacial score (nSPS) is 15.8. The highest BCUT2D eigenvalue weighted by Crippen LogP contribution is 2.14. The summed E-state index contributed by atoms with van der Waals surface area (Å²) in [6.07, 6.45) is 1.61. The van der Waals surface area contributed by atoms with Gasteiger partial charge in [-0.05, 0) is 12.1 Å². The van der Waals surface area contributed by atoms with E-state index in [4.69, 9.17) is 9.84 Å². The Hall–Kier alpha value is -1.70. The van der Waals surface area contributed by atoms with Crippen LogP contribution < -0.4 is 10.2 Å². The van der Waals surface area contributed by atoms with Crippen molar-refractivity contribution in [3.8, 4) is 0 Å². The first-order valence-electron chi connectivity index (χ1n) is 7.56. The lowest BCUT2D eigenvalue weighted by Crippen LogP contribution is -2.47. The number of nitrogens with zero attached hydrogens (tertiary/aromatic N) is 3. The SMILES string of the molecule is COCCNC(=O)c1ccc(N2CCN(CCO)CC2)nc1. The van der Waals surface area contributed by atoms with Crippen molar-refractivity contribution in [1.29, 1.82) is 0 Å². The van der Waals surface area contributed by atoms with Crippen LogP contribution in [0.1, 0.15) is 10.4 Å². The molecule has 0 radical (unpaired) electrons. The van der Waals surface area contributed by atoms with Crippen LogP contribution in [0.4, 0.5) is 5.82 Å². The van der Waals surface area contributed by atoms with E-state index in [9.17, 15) is 4.79 Å². The fourth-order valence-electron chi connectivity index (χ4n) is 2.42. The summed E-state index contributed by atoms with van der Waals surface area (Å²) in [4.78, 5) is 20.7. The number of carbonyl (C=O) groups excluding carboxylic acids is 1. The van der Waals surface area contributed by atoms with E-state index < -0.39 is 0 Å². The van der Waals surface area contributed by atoms with Crippen molar-refractivity contribution < 1.29 is 14.6 Å². The molecule has 0 aromatic carbocycles. The zero-order valence-corrected chi connectivity index (χ0v) is 13.0. The van der Waals surface area contributed by atoms with Crippen molar-refractivity contribution in [2.24, 2.45) is 0 Å². The molecule has 0 aliphatic carbocycles. The molecular formula is C15H24N4O3. The molecule has 7 nitrogen and oxygen atoms in total. The number of methoxy groups -OCH3 is 1. The third kappa shape index (κ3) is 4.66. The standard InChI is InChI=1S/C15H24N4O3/c1-22-11-4-16-15(21)13-2-3-14(17-12-13)19-7-5-18(6-8-19)9-10-20/h2-3,12,20H,4-11H2,1H3,(H,16,21). The Morgan fingerprint density at radius 1 is 1.36 bits per heavy atom. The van der Waals surface area contributed by atoms with E-state index in [1.165, 1.54) is 0 Å². The van der Waals surface area contributed by atoms with Gasteiger partial charge in [0.05, 0.1) is 18.8 Å². The van der Waals surface area contributed by atoms with E-state index in [1.807, 2.05) is 6.07 Å². The summed E-state index contributed by atoms with van der Waals surface area (Å²) in [5.74, 6) is 0.751. The van der Waals surface area contributed by atoms with Gasteiger partial charge in [-0.25, -0.2) is 4.98 Å². The van der Waals surface area contributed by atoms with Gasteiger partial charge in [-0.3, -0.25) is 9.69 Å². The number of rotatable bonds is 7. The molecule has 1 aliphatic rings. The number of hydrogen-bond acceptors (Lipinski definition) is 6. The third-order valence-electron chi connectivity index (χ3n) is 3.71. The zero-order chi connectivity index (χ0) is 15.8. The number of β-amino-alcohol motifs (C(OH)–C–C–N with tert-alkyl or cyclic N) is 1. The smallest absolute Gasteiger partial charge is 0.252 e. The number of aromatic nitrogens is 1. The number of nitrogens with one attached hydrogen (secondary N) is 1. The van der Waals surface area contributed by atoms with E-state index in [0.29, 0.717) is 18.7 Å².